The van der Waals surface area contributed by atoms with Crippen molar-refractivity contribution < 1.29 is 13.9 Å². The minimum Gasteiger partial charge on any atom is -0.449 e. The maximum absolute atomic E-state index is 12.9. The van der Waals surface area contributed by atoms with E-state index in [1.807, 2.05) is 6.92 Å². The third-order valence-corrected chi connectivity index (χ3v) is 3.19. The number of ether oxygens (including phenoxy) is 1. The van der Waals surface area contributed by atoms with E-state index in [9.17, 15) is 14.1 Å². The Morgan fingerprint density at radius 2 is 2.04 bits per heavy atom. The number of halogens is 1. The van der Waals surface area contributed by atoms with Crippen LogP contribution in [0, 0.1) is 10.7 Å². The first kappa shape index (κ1) is 18.1. The molecule has 0 unspecified atom stereocenters. The van der Waals surface area contributed by atoms with E-state index in [1.165, 1.54) is 36.4 Å². The molecule has 0 fully saturated rings. The SMILES string of the molecule is CCCOC(=O)Nc1ccc(N(Cc2ccc(F)cc2)N=O)nc1N. The fraction of sp³-hybridized carbons (Fsp3) is 0.250. The lowest BCUT2D eigenvalue weighted by Crippen LogP contribution is -2.18. The summed E-state index contributed by atoms with van der Waals surface area (Å²) in [5.74, 6) is -0.162. The van der Waals surface area contributed by atoms with Crippen molar-refractivity contribution in [3.05, 3.63) is 52.7 Å². The number of carbonyl (C=O) groups excluding carboxylic acids is 1. The lowest BCUT2D eigenvalue weighted by Gasteiger charge is -2.16. The van der Waals surface area contributed by atoms with Gasteiger partial charge in [0.25, 0.3) is 0 Å². The molecule has 0 aliphatic rings. The second kappa shape index (κ2) is 8.57. The van der Waals surface area contributed by atoms with Crippen LogP contribution in [0.5, 0.6) is 0 Å². The summed E-state index contributed by atoms with van der Waals surface area (Å²) in [6.07, 6.45) is 0.0588. The van der Waals surface area contributed by atoms with Gasteiger partial charge in [-0.05, 0) is 36.2 Å². The van der Waals surface area contributed by atoms with Crippen LogP contribution >= 0.6 is 0 Å². The Hall–Kier alpha value is -3.23. The number of hydrogen-bond donors (Lipinski definition) is 2. The topological polar surface area (TPSA) is 110 Å². The number of benzene rings is 1. The van der Waals surface area contributed by atoms with E-state index in [0.29, 0.717) is 12.0 Å². The van der Waals surface area contributed by atoms with E-state index in [4.69, 9.17) is 10.5 Å². The lowest BCUT2D eigenvalue weighted by atomic mass is 10.2. The number of pyridine rings is 1. The molecular formula is C16H18FN5O3. The van der Waals surface area contributed by atoms with Gasteiger partial charge < -0.3 is 10.5 Å². The van der Waals surface area contributed by atoms with Crippen LogP contribution in [0.4, 0.5) is 26.5 Å². The first-order chi connectivity index (χ1) is 12.0. The quantitative estimate of drug-likeness (QED) is 0.586. The highest BCUT2D eigenvalue weighted by Crippen LogP contribution is 2.23. The van der Waals surface area contributed by atoms with Crippen LogP contribution in [0.15, 0.2) is 41.7 Å². The van der Waals surface area contributed by atoms with Crippen LogP contribution in [0.3, 0.4) is 0 Å². The lowest BCUT2D eigenvalue weighted by molar-refractivity contribution is 0.161. The summed E-state index contributed by atoms with van der Waals surface area (Å²) >= 11 is 0. The number of anilines is 3. The summed E-state index contributed by atoms with van der Waals surface area (Å²) in [6, 6.07) is 8.63. The molecule has 1 aromatic heterocycles. The highest BCUT2D eigenvalue weighted by atomic mass is 19.1. The summed E-state index contributed by atoms with van der Waals surface area (Å²) < 4.78 is 17.8. The van der Waals surface area contributed by atoms with E-state index in [0.717, 1.165) is 5.01 Å². The average Bonchev–Trinajstić information content (AvgIpc) is 2.61. The molecule has 1 amide bonds. The maximum Gasteiger partial charge on any atom is 0.411 e. The van der Waals surface area contributed by atoms with E-state index in [2.05, 4.69) is 15.6 Å². The van der Waals surface area contributed by atoms with Gasteiger partial charge in [0.2, 0.25) is 0 Å². The van der Waals surface area contributed by atoms with Crippen LogP contribution in [-0.4, -0.2) is 17.7 Å². The summed E-state index contributed by atoms with van der Waals surface area (Å²) in [6.45, 7) is 2.26. The van der Waals surface area contributed by atoms with Gasteiger partial charge in [0.05, 0.1) is 24.1 Å². The fourth-order valence-electron chi connectivity index (χ4n) is 1.97. The number of nitrogens with two attached hydrogens (primary N) is 1. The van der Waals surface area contributed by atoms with Crippen molar-refractivity contribution in [3.8, 4) is 0 Å². The molecule has 0 saturated heterocycles. The molecule has 0 spiro atoms. The number of nitroso groups, excluding NO2 is 1. The molecule has 0 aliphatic heterocycles. The molecule has 3 N–H and O–H groups in total. The molecule has 132 valence electrons. The van der Waals surface area contributed by atoms with Crippen molar-refractivity contribution in [1.29, 1.82) is 0 Å². The minimum absolute atomic E-state index is 0.0127. The monoisotopic (exact) mass is 347 g/mol. The number of aromatic nitrogens is 1. The van der Waals surface area contributed by atoms with Crippen LogP contribution in [0.2, 0.25) is 0 Å². The Morgan fingerprint density at radius 3 is 2.64 bits per heavy atom. The van der Waals surface area contributed by atoms with Gasteiger partial charge in [-0.15, -0.1) is 4.91 Å². The van der Waals surface area contributed by atoms with E-state index in [1.54, 1.807) is 0 Å². The first-order valence-electron chi connectivity index (χ1n) is 7.59. The number of carbonyl (C=O) groups is 1. The second-order valence-corrected chi connectivity index (χ2v) is 5.13. The van der Waals surface area contributed by atoms with E-state index >= 15 is 0 Å². The van der Waals surface area contributed by atoms with Crippen molar-refractivity contribution in [1.82, 2.24) is 4.98 Å². The Morgan fingerprint density at radius 1 is 1.32 bits per heavy atom. The molecule has 2 aromatic rings. The average molecular weight is 347 g/mol. The predicted octanol–water partition coefficient (Wildman–Crippen LogP) is 3.45. The maximum atomic E-state index is 12.9. The van der Waals surface area contributed by atoms with E-state index < -0.39 is 6.09 Å². The largest absolute Gasteiger partial charge is 0.449 e. The normalized spacial score (nSPS) is 10.2. The Balaban J connectivity index is 2.09. The highest BCUT2D eigenvalue weighted by Gasteiger charge is 2.13. The standard InChI is InChI=1S/C16H18FN5O3/c1-2-9-25-16(23)19-13-7-8-14(20-15(13)18)22(21-24)10-11-3-5-12(17)6-4-11/h3-8H,2,9-10H2,1H3,(H2,18,20)(H,19,23). The molecule has 0 saturated carbocycles. The Kier molecular flexibility index (Phi) is 6.21. The summed E-state index contributed by atoms with van der Waals surface area (Å²) in [4.78, 5) is 26.7. The van der Waals surface area contributed by atoms with Crippen molar-refractivity contribution in [2.75, 3.05) is 22.7 Å². The van der Waals surface area contributed by atoms with Crippen molar-refractivity contribution >= 4 is 23.4 Å². The highest BCUT2D eigenvalue weighted by molar-refractivity contribution is 5.88. The summed E-state index contributed by atoms with van der Waals surface area (Å²) in [5.41, 5.74) is 6.74. The van der Waals surface area contributed by atoms with Gasteiger partial charge >= 0.3 is 6.09 Å². The number of rotatable bonds is 7. The summed E-state index contributed by atoms with van der Waals surface area (Å²) in [7, 11) is 0. The summed E-state index contributed by atoms with van der Waals surface area (Å²) in [5, 5.41) is 6.45. The van der Waals surface area contributed by atoms with Crippen molar-refractivity contribution in [2.24, 2.45) is 5.29 Å². The van der Waals surface area contributed by atoms with Crippen LogP contribution in [0.1, 0.15) is 18.9 Å². The molecule has 0 aliphatic carbocycles. The third-order valence-electron chi connectivity index (χ3n) is 3.19. The van der Waals surface area contributed by atoms with Crippen molar-refractivity contribution in [3.63, 3.8) is 0 Å². The fourth-order valence-corrected chi connectivity index (χ4v) is 1.97. The molecule has 25 heavy (non-hydrogen) atoms. The predicted molar refractivity (Wildman–Crippen MR) is 92.3 cm³/mol. The van der Waals surface area contributed by atoms with Gasteiger partial charge in [0, 0.05) is 0 Å². The molecule has 0 bridgehead atoms. The molecule has 2 rings (SSSR count). The first-order valence-corrected chi connectivity index (χ1v) is 7.59. The number of hydrogen-bond acceptors (Lipinski definition) is 6. The smallest absolute Gasteiger partial charge is 0.411 e. The van der Waals surface area contributed by atoms with Crippen LogP contribution in [-0.2, 0) is 11.3 Å². The molecule has 9 heteroatoms. The molecular weight excluding hydrogens is 329 g/mol. The van der Waals surface area contributed by atoms with E-state index in [-0.39, 0.29) is 36.3 Å². The van der Waals surface area contributed by atoms with Gasteiger partial charge in [-0.2, -0.15) is 0 Å². The van der Waals surface area contributed by atoms with Crippen LogP contribution < -0.4 is 16.1 Å². The molecule has 8 nitrogen and oxygen atoms in total. The van der Waals surface area contributed by atoms with Gasteiger partial charge in [0.15, 0.2) is 5.82 Å². The Bertz CT molecular complexity index is 739. The number of amides is 1. The van der Waals surface area contributed by atoms with Gasteiger partial charge in [-0.25, -0.2) is 19.2 Å². The Labute approximate surface area is 143 Å². The number of nitrogens with zero attached hydrogens (tertiary/aromatic N) is 3. The second-order valence-electron chi connectivity index (χ2n) is 5.13. The zero-order chi connectivity index (χ0) is 18.2. The van der Waals surface area contributed by atoms with Gasteiger partial charge in [-0.3, -0.25) is 5.32 Å². The number of nitrogens with one attached hydrogen (secondary N) is 1. The number of nitrogen functional groups attached to an aromatic ring is 1. The zero-order valence-corrected chi connectivity index (χ0v) is 13.6. The molecule has 1 aromatic carbocycles. The molecule has 0 atom stereocenters. The molecule has 0 radical (unpaired) electrons. The van der Waals surface area contributed by atoms with Crippen molar-refractivity contribution in [2.45, 2.75) is 19.9 Å². The minimum atomic E-state index is -0.639. The van der Waals surface area contributed by atoms with Crippen LogP contribution in [0.25, 0.3) is 0 Å². The van der Waals surface area contributed by atoms with Gasteiger partial charge in [-0.1, -0.05) is 19.1 Å². The third kappa shape index (κ3) is 5.13. The van der Waals surface area contributed by atoms with Gasteiger partial charge in [0.1, 0.15) is 11.6 Å². The molecule has 1 heterocycles. The zero-order valence-electron chi connectivity index (χ0n) is 13.6.